The Morgan fingerprint density at radius 2 is 2.21 bits per heavy atom. The average Bonchev–Trinajstić information content (AvgIpc) is 2.08. The van der Waals surface area contributed by atoms with Gasteiger partial charge in [-0.15, -0.1) is 0 Å². The number of nitrogens with one attached hydrogen (secondary N) is 1. The van der Waals surface area contributed by atoms with Gasteiger partial charge in [0.2, 0.25) is 5.91 Å². The SMILES string of the molecule is COc1cc(N)cc(Cl)c1NC(C)=O. The van der Waals surface area contributed by atoms with Crippen molar-refractivity contribution in [2.75, 3.05) is 18.2 Å². The van der Waals surface area contributed by atoms with E-state index in [0.717, 1.165) is 0 Å². The van der Waals surface area contributed by atoms with Crippen LogP contribution in [0, 0.1) is 0 Å². The van der Waals surface area contributed by atoms with Crippen molar-refractivity contribution in [1.29, 1.82) is 0 Å². The van der Waals surface area contributed by atoms with Crippen LogP contribution in [-0.4, -0.2) is 13.0 Å². The fraction of sp³-hybridized carbons (Fsp3) is 0.222. The number of ether oxygens (including phenoxy) is 1. The van der Waals surface area contributed by atoms with Gasteiger partial charge in [-0.2, -0.15) is 0 Å². The second-order valence-electron chi connectivity index (χ2n) is 2.76. The summed E-state index contributed by atoms with van der Waals surface area (Å²) in [4.78, 5) is 10.9. The predicted molar refractivity (Wildman–Crippen MR) is 56.7 cm³/mol. The lowest BCUT2D eigenvalue weighted by Gasteiger charge is -2.11. The van der Waals surface area contributed by atoms with Gasteiger partial charge in [-0.25, -0.2) is 0 Å². The third-order valence-corrected chi connectivity index (χ3v) is 1.90. The smallest absolute Gasteiger partial charge is 0.221 e. The van der Waals surface area contributed by atoms with Crippen LogP contribution in [0.2, 0.25) is 5.02 Å². The quantitative estimate of drug-likeness (QED) is 0.739. The molecule has 0 aromatic heterocycles. The van der Waals surface area contributed by atoms with Gasteiger partial charge < -0.3 is 15.8 Å². The maximum Gasteiger partial charge on any atom is 0.221 e. The first-order valence-corrected chi connectivity index (χ1v) is 4.33. The second-order valence-corrected chi connectivity index (χ2v) is 3.17. The molecule has 1 aromatic carbocycles. The normalized spacial score (nSPS) is 9.64. The number of hydrogen-bond acceptors (Lipinski definition) is 3. The number of methoxy groups -OCH3 is 1. The van der Waals surface area contributed by atoms with Crippen molar-refractivity contribution in [3.63, 3.8) is 0 Å². The Morgan fingerprint density at radius 3 is 2.71 bits per heavy atom. The molecule has 1 rings (SSSR count). The van der Waals surface area contributed by atoms with Crippen LogP contribution in [0.15, 0.2) is 12.1 Å². The number of nitrogens with two attached hydrogens (primary N) is 1. The van der Waals surface area contributed by atoms with Crippen LogP contribution < -0.4 is 15.8 Å². The van der Waals surface area contributed by atoms with Crippen molar-refractivity contribution in [1.82, 2.24) is 0 Å². The van der Waals surface area contributed by atoms with Gasteiger partial charge in [-0.1, -0.05) is 11.6 Å². The summed E-state index contributed by atoms with van der Waals surface area (Å²) < 4.78 is 5.03. The van der Waals surface area contributed by atoms with Crippen LogP contribution in [0.5, 0.6) is 5.75 Å². The highest BCUT2D eigenvalue weighted by molar-refractivity contribution is 6.34. The van der Waals surface area contributed by atoms with E-state index in [0.29, 0.717) is 22.1 Å². The topological polar surface area (TPSA) is 64.3 Å². The lowest BCUT2D eigenvalue weighted by atomic mass is 10.2. The van der Waals surface area contributed by atoms with Crippen molar-refractivity contribution in [2.45, 2.75) is 6.92 Å². The molecule has 0 aliphatic heterocycles. The summed E-state index contributed by atoms with van der Waals surface area (Å²) in [6.45, 7) is 1.39. The van der Waals surface area contributed by atoms with Gasteiger partial charge in [0.1, 0.15) is 11.4 Å². The first-order chi connectivity index (χ1) is 6.54. The number of carbonyl (C=O) groups is 1. The summed E-state index contributed by atoms with van der Waals surface area (Å²) in [6, 6.07) is 3.15. The molecule has 14 heavy (non-hydrogen) atoms. The number of halogens is 1. The largest absolute Gasteiger partial charge is 0.494 e. The highest BCUT2D eigenvalue weighted by atomic mass is 35.5. The molecule has 0 heterocycles. The summed E-state index contributed by atoms with van der Waals surface area (Å²) in [7, 11) is 1.48. The highest BCUT2D eigenvalue weighted by Crippen LogP contribution is 2.34. The number of benzene rings is 1. The molecule has 5 heteroatoms. The van der Waals surface area contributed by atoms with Gasteiger partial charge in [0, 0.05) is 18.7 Å². The molecule has 0 saturated heterocycles. The summed E-state index contributed by atoms with van der Waals surface area (Å²) in [5.74, 6) is 0.236. The zero-order chi connectivity index (χ0) is 10.7. The van der Waals surface area contributed by atoms with Gasteiger partial charge in [0.25, 0.3) is 0 Å². The van der Waals surface area contributed by atoms with E-state index in [-0.39, 0.29) is 5.91 Å². The third kappa shape index (κ3) is 2.29. The van der Waals surface area contributed by atoms with Gasteiger partial charge in [0.15, 0.2) is 0 Å². The molecule has 76 valence electrons. The Bertz CT molecular complexity index is 366. The summed E-state index contributed by atoms with van der Waals surface area (Å²) in [6.07, 6.45) is 0. The number of anilines is 2. The fourth-order valence-corrected chi connectivity index (χ4v) is 1.33. The molecule has 0 spiro atoms. The Balaban J connectivity index is 3.18. The van der Waals surface area contributed by atoms with Crippen molar-refractivity contribution >= 4 is 28.9 Å². The van der Waals surface area contributed by atoms with Gasteiger partial charge >= 0.3 is 0 Å². The minimum absolute atomic E-state index is 0.213. The highest BCUT2D eigenvalue weighted by Gasteiger charge is 2.10. The molecular weight excluding hydrogens is 204 g/mol. The van der Waals surface area contributed by atoms with Crippen molar-refractivity contribution in [2.24, 2.45) is 0 Å². The monoisotopic (exact) mass is 214 g/mol. The molecule has 1 amide bonds. The number of carbonyl (C=O) groups excluding carboxylic acids is 1. The lowest BCUT2D eigenvalue weighted by molar-refractivity contribution is -0.114. The number of rotatable bonds is 2. The van der Waals surface area contributed by atoms with Crippen LogP contribution in [0.1, 0.15) is 6.92 Å². The molecule has 0 radical (unpaired) electrons. The van der Waals surface area contributed by atoms with Crippen molar-refractivity contribution in [3.05, 3.63) is 17.2 Å². The second kappa shape index (κ2) is 4.19. The Hall–Kier alpha value is -1.42. The number of hydrogen-bond donors (Lipinski definition) is 2. The van der Waals surface area contributed by atoms with E-state index >= 15 is 0 Å². The van der Waals surface area contributed by atoms with Gasteiger partial charge in [-0.05, 0) is 6.07 Å². The molecule has 1 aromatic rings. The van der Waals surface area contributed by atoms with E-state index in [1.54, 1.807) is 12.1 Å². The zero-order valence-corrected chi connectivity index (χ0v) is 8.68. The minimum atomic E-state index is -0.213. The zero-order valence-electron chi connectivity index (χ0n) is 7.93. The molecule has 0 fully saturated rings. The Morgan fingerprint density at radius 1 is 1.57 bits per heavy atom. The number of amides is 1. The molecule has 0 bridgehead atoms. The van der Waals surface area contributed by atoms with Crippen LogP contribution >= 0.6 is 11.6 Å². The van der Waals surface area contributed by atoms with E-state index in [1.165, 1.54) is 14.0 Å². The van der Waals surface area contributed by atoms with E-state index < -0.39 is 0 Å². The van der Waals surface area contributed by atoms with E-state index in [2.05, 4.69) is 5.32 Å². The van der Waals surface area contributed by atoms with Gasteiger partial charge in [0.05, 0.1) is 12.1 Å². The standard InChI is InChI=1S/C9H11ClN2O2/c1-5(13)12-9-7(10)3-6(11)4-8(9)14-2/h3-4H,11H2,1-2H3,(H,12,13). The van der Waals surface area contributed by atoms with Crippen molar-refractivity contribution in [3.8, 4) is 5.75 Å². The van der Waals surface area contributed by atoms with Crippen molar-refractivity contribution < 1.29 is 9.53 Å². The van der Waals surface area contributed by atoms with E-state index in [4.69, 9.17) is 22.1 Å². The van der Waals surface area contributed by atoms with E-state index in [9.17, 15) is 4.79 Å². The number of nitrogen functional groups attached to an aromatic ring is 1. The molecule has 0 aliphatic carbocycles. The minimum Gasteiger partial charge on any atom is -0.494 e. The van der Waals surface area contributed by atoms with Gasteiger partial charge in [-0.3, -0.25) is 4.79 Å². The van der Waals surface area contributed by atoms with Crippen LogP contribution in [0.3, 0.4) is 0 Å². The van der Waals surface area contributed by atoms with Crippen LogP contribution in [0.25, 0.3) is 0 Å². The predicted octanol–water partition coefficient (Wildman–Crippen LogP) is 1.89. The first-order valence-electron chi connectivity index (χ1n) is 3.95. The summed E-state index contributed by atoms with van der Waals surface area (Å²) >= 11 is 5.88. The molecule has 3 N–H and O–H groups in total. The molecular formula is C9H11ClN2O2. The molecule has 0 unspecified atom stereocenters. The Labute approximate surface area is 87.0 Å². The maximum absolute atomic E-state index is 10.9. The lowest BCUT2D eigenvalue weighted by Crippen LogP contribution is -2.08. The molecule has 0 atom stereocenters. The van der Waals surface area contributed by atoms with E-state index in [1.807, 2.05) is 0 Å². The average molecular weight is 215 g/mol. The molecule has 0 saturated carbocycles. The van der Waals surface area contributed by atoms with Crippen LogP contribution in [-0.2, 0) is 4.79 Å². The van der Waals surface area contributed by atoms with Crippen LogP contribution in [0.4, 0.5) is 11.4 Å². The first kappa shape index (κ1) is 10.7. The summed E-state index contributed by atoms with van der Waals surface area (Å²) in [5.41, 5.74) is 6.49. The molecule has 4 nitrogen and oxygen atoms in total. The summed E-state index contributed by atoms with van der Waals surface area (Å²) in [5, 5.41) is 2.93. The molecule has 0 aliphatic rings. The maximum atomic E-state index is 10.9. The third-order valence-electron chi connectivity index (χ3n) is 1.60. The Kier molecular flexibility index (Phi) is 3.19. The fourth-order valence-electron chi connectivity index (χ4n) is 1.06.